The topological polar surface area (TPSA) is 67.9 Å². The number of rotatable bonds is 3. The largest absolute Gasteiger partial charge is 0.269 e. The van der Waals surface area contributed by atoms with E-state index < -0.39 is 10.0 Å². The molecule has 0 amide bonds. The lowest BCUT2D eigenvalue weighted by atomic mass is 10.1. The predicted molar refractivity (Wildman–Crippen MR) is 50.2 cm³/mol. The number of nitro groups is 1. The van der Waals surface area contributed by atoms with Crippen molar-refractivity contribution in [3.63, 3.8) is 0 Å². The SMILES string of the molecule is O=[N+]([O-])c1ccc(CC2(Cl)N=N2)cc1. The van der Waals surface area contributed by atoms with Crippen molar-refractivity contribution in [1.29, 1.82) is 0 Å². The second kappa shape index (κ2) is 3.02. The van der Waals surface area contributed by atoms with Gasteiger partial charge >= 0.3 is 0 Å². The average Bonchev–Trinajstić information content (AvgIpc) is 2.84. The lowest BCUT2D eigenvalue weighted by Gasteiger charge is -2.00. The fourth-order valence-corrected chi connectivity index (χ4v) is 1.31. The van der Waals surface area contributed by atoms with Crippen molar-refractivity contribution in [2.24, 2.45) is 10.2 Å². The Kier molecular flexibility index (Phi) is 1.96. The lowest BCUT2D eigenvalue weighted by Crippen LogP contribution is -2.04. The molecule has 14 heavy (non-hydrogen) atoms. The molecule has 0 aliphatic carbocycles. The van der Waals surface area contributed by atoms with E-state index in [0.717, 1.165) is 5.56 Å². The highest BCUT2D eigenvalue weighted by Crippen LogP contribution is 2.36. The molecule has 0 spiro atoms. The summed E-state index contributed by atoms with van der Waals surface area (Å²) in [6.07, 6.45) is 0.479. The van der Waals surface area contributed by atoms with Gasteiger partial charge in [-0.2, -0.15) is 0 Å². The minimum atomic E-state index is -0.809. The molecule has 0 N–H and O–H groups in total. The van der Waals surface area contributed by atoms with Crippen LogP contribution in [0.5, 0.6) is 0 Å². The number of benzene rings is 1. The zero-order chi connectivity index (χ0) is 10.2. The quantitative estimate of drug-likeness (QED) is 0.334. The standard InChI is InChI=1S/C8H6ClN3O2/c9-8(10-11-8)5-6-1-3-7(4-2-6)12(13)14/h1-4H,5H2. The first-order chi connectivity index (χ1) is 6.59. The fraction of sp³-hybridized carbons (Fsp3) is 0.250. The molecule has 0 fully saturated rings. The molecular formula is C8H6ClN3O2. The third kappa shape index (κ3) is 1.88. The van der Waals surface area contributed by atoms with Crippen molar-refractivity contribution in [2.75, 3.05) is 0 Å². The minimum absolute atomic E-state index is 0.0713. The van der Waals surface area contributed by atoms with E-state index in [1.807, 2.05) is 0 Å². The second-order valence-corrected chi connectivity index (χ2v) is 3.62. The summed E-state index contributed by atoms with van der Waals surface area (Å²) in [5, 5.41) is 16.8. The van der Waals surface area contributed by atoms with Gasteiger partial charge in [-0.3, -0.25) is 10.1 Å². The smallest absolute Gasteiger partial charge is 0.258 e. The zero-order valence-corrected chi connectivity index (χ0v) is 7.81. The summed E-state index contributed by atoms with van der Waals surface area (Å²) in [4.78, 5) is 9.91. The molecule has 1 heterocycles. The molecule has 2 rings (SSSR count). The van der Waals surface area contributed by atoms with Crippen LogP contribution in [0.4, 0.5) is 5.69 Å². The summed E-state index contributed by atoms with van der Waals surface area (Å²) in [6, 6.07) is 6.20. The van der Waals surface area contributed by atoms with E-state index in [9.17, 15) is 10.1 Å². The van der Waals surface area contributed by atoms with E-state index in [-0.39, 0.29) is 5.69 Å². The molecule has 1 aliphatic heterocycles. The minimum Gasteiger partial charge on any atom is -0.258 e. The lowest BCUT2D eigenvalue weighted by molar-refractivity contribution is -0.384. The van der Waals surface area contributed by atoms with E-state index in [1.165, 1.54) is 12.1 Å². The van der Waals surface area contributed by atoms with Gasteiger partial charge in [0.1, 0.15) is 0 Å². The Bertz CT molecular complexity index is 396. The highest BCUT2D eigenvalue weighted by Gasteiger charge is 2.37. The molecule has 0 saturated heterocycles. The van der Waals surface area contributed by atoms with Crippen LogP contribution in [0.15, 0.2) is 34.5 Å². The van der Waals surface area contributed by atoms with E-state index in [0.29, 0.717) is 6.42 Å². The van der Waals surface area contributed by atoms with Gasteiger partial charge in [-0.15, -0.1) is 10.2 Å². The Balaban J connectivity index is 2.10. The number of nitro benzene ring substituents is 1. The van der Waals surface area contributed by atoms with Crippen molar-refractivity contribution < 1.29 is 4.92 Å². The summed E-state index contributed by atoms with van der Waals surface area (Å²) >= 11 is 5.81. The Hall–Kier alpha value is -1.49. The van der Waals surface area contributed by atoms with Crippen LogP contribution in [0.2, 0.25) is 0 Å². The molecule has 1 aromatic carbocycles. The highest BCUT2D eigenvalue weighted by atomic mass is 35.5. The molecule has 0 saturated carbocycles. The molecule has 0 aromatic heterocycles. The van der Waals surface area contributed by atoms with Crippen LogP contribution in [-0.4, -0.2) is 10.0 Å². The first-order valence-corrected chi connectivity index (χ1v) is 4.33. The summed E-state index contributed by atoms with van der Waals surface area (Å²) in [7, 11) is 0. The van der Waals surface area contributed by atoms with Gasteiger partial charge in [0.15, 0.2) is 0 Å². The van der Waals surface area contributed by atoms with Gasteiger partial charge in [-0.05, 0) is 5.56 Å². The van der Waals surface area contributed by atoms with Crippen molar-refractivity contribution in [3.05, 3.63) is 39.9 Å². The summed E-state index contributed by atoms with van der Waals surface area (Å²) in [6.45, 7) is 0. The van der Waals surface area contributed by atoms with Gasteiger partial charge in [-0.1, -0.05) is 23.7 Å². The Labute approximate surface area is 84.6 Å². The maximum Gasteiger partial charge on any atom is 0.269 e. The van der Waals surface area contributed by atoms with Gasteiger partial charge in [0.2, 0.25) is 0 Å². The van der Waals surface area contributed by atoms with Crippen LogP contribution >= 0.6 is 11.6 Å². The van der Waals surface area contributed by atoms with Crippen molar-refractivity contribution in [2.45, 2.75) is 11.5 Å². The third-order valence-electron chi connectivity index (χ3n) is 1.89. The zero-order valence-electron chi connectivity index (χ0n) is 7.05. The number of hydrogen-bond donors (Lipinski definition) is 0. The molecular weight excluding hydrogens is 206 g/mol. The van der Waals surface area contributed by atoms with E-state index >= 15 is 0 Å². The molecule has 1 aromatic rings. The average molecular weight is 212 g/mol. The van der Waals surface area contributed by atoms with E-state index in [1.54, 1.807) is 12.1 Å². The van der Waals surface area contributed by atoms with E-state index in [2.05, 4.69) is 10.2 Å². The molecule has 1 aliphatic rings. The maximum atomic E-state index is 10.4. The number of nitrogens with zero attached hydrogens (tertiary/aromatic N) is 3. The predicted octanol–water partition coefficient (Wildman–Crippen LogP) is 2.50. The van der Waals surface area contributed by atoms with Gasteiger partial charge in [-0.25, -0.2) is 0 Å². The molecule has 6 heteroatoms. The van der Waals surface area contributed by atoms with Crippen LogP contribution in [0.3, 0.4) is 0 Å². The van der Waals surface area contributed by atoms with Crippen LogP contribution in [0.1, 0.15) is 5.56 Å². The van der Waals surface area contributed by atoms with Crippen LogP contribution in [-0.2, 0) is 6.42 Å². The Morgan fingerprint density at radius 1 is 1.36 bits per heavy atom. The van der Waals surface area contributed by atoms with Crippen molar-refractivity contribution in [1.82, 2.24) is 0 Å². The first-order valence-electron chi connectivity index (χ1n) is 3.95. The summed E-state index contributed by atoms with van der Waals surface area (Å²) in [5.41, 5.74) is 0.956. The van der Waals surface area contributed by atoms with Crippen molar-refractivity contribution >= 4 is 17.3 Å². The monoisotopic (exact) mass is 211 g/mol. The summed E-state index contributed by atoms with van der Waals surface area (Å²) < 4.78 is 0. The van der Waals surface area contributed by atoms with Crippen molar-refractivity contribution in [3.8, 4) is 0 Å². The molecule has 72 valence electrons. The van der Waals surface area contributed by atoms with Crippen LogP contribution < -0.4 is 0 Å². The molecule has 0 atom stereocenters. The molecule has 0 radical (unpaired) electrons. The first kappa shape index (κ1) is 9.08. The normalized spacial score (nSPS) is 16.6. The van der Waals surface area contributed by atoms with Gasteiger partial charge in [0.05, 0.1) is 4.92 Å². The van der Waals surface area contributed by atoms with Crippen LogP contribution in [0.25, 0.3) is 0 Å². The molecule has 5 nitrogen and oxygen atoms in total. The maximum absolute atomic E-state index is 10.4. The number of halogens is 1. The molecule has 0 bridgehead atoms. The third-order valence-corrected chi connectivity index (χ3v) is 2.18. The summed E-state index contributed by atoms with van der Waals surface area (Å²) in [5.74, 6) is 0. The Morgan fingerprint density at radius 3 is 2.36 bits per heavy atom. The highest BCUT2D eigenvalue weighted by molar-refractivity contribution is 6.24. The van der Waals surface area contributed by atoms with Gasteiger partial charge in [0, 0.05) is 18.6 Å². The number of non-ortho nitro benzene ring substituents is 1. The second-order valence-electron chi connectivity index (χ2n) is 3.02. The number of hydrogen-bond acceptors (Lipinski definition) is 4. The van der Waals surface area contributed by atoms with Gasteiger partial charge < -0.3 is 0 Å². The fourth-order valence-electron chi connectivity index (χ4n) is 1.12. The molecule has 0 unspecified atom stereocenters. The van der Waals surface area contributed by atoms with Crippen LogP contribution in [0, 0.1) is 10.1 Å². The van der Waals surface area contributed by atoms with Gasteiger partial charge in [0.25, 0.3) is 10.8 Å². The Morgan fingerprint density at radius 2 is 1.93 bits per heavy atom. The van der Waals surface area contributed by atoms with E-state index in [4.69, 9.17) is 11.6 Å². The number of alkyl halides is 1.